The third-order valence-corrected chi connectivity index (χ3v) is 5.25. The molecule has 4 heteroatoms. The Morgan fingerprint density at radius 3 is 2.65 bits per heavy atom. The second-order valence-corrected chi connectivity index (χ2v) is 6.68. The number of nitrogens with one attached hydrogen (secondary N) is 1. The van der Waals surface area contributed by atoms with Gasteiger partial charge in [-0.1, -0.05) is 20.8 Å². The minimum Gasteiger partial charge on any atom is -0.311 e. The van der Waals surface area contributed by atoms with Crippen molar-refractivity contribution in [3.8, 4) is 0 Å². The van der Waals surface area contributed by atoms with Crippen LogP contribution in [0.15, 0.2) is 22.8 Å². The van der Waals surface area contributed by atoms with Crippen molar-refractivity contribution >= 4 is 15.9 Å². The summed E-state index contributed by atoms with van der Waals surface area (Å²) in [6, 6.07) is 4.82. The molecule has 1 atom stereocenters. The minimum atomic E-state index is 0.278. The van der Waals surface area contributed by atoms with E-state index in [9.17, 15) is 0 Å². The molecule has 1 fully saturated rings. The molecule has 0 aliphatic carbocycles. The quantitative estimate of drug-likeness (QED) is 0.888. The van der Waals surface area contributed by atoms with Crippen molar-refractivity contribution in [1.82, 2.24) is 15.2 Å². The fourth-order valence-corrected chi connectivity index (χ4v) is 3.35. The Balaban J connectivity index is 2.16. The third-order valence-electron chi connectivity index (χ3n) is 4.78. The number of nitrogens with zero attached hydrogens (tertiary/aromatic N) is 2. The van der Waals surface area contributed by atoms with Crippen LogP contribution in [0.1, 0.15) is 45.7 Å². The first kappa shape index (κ1) is 15.9. The van der Waals surface area contributed by atoms with Gasteiger partial charge in [0.15, 0.2) is 0 Å². The summed E-state index contributed by atoms with van der Waals surface area (Å²) >= 11 is 3.46. The van der Waals surface area contributed by atoms with Crippen molar-refractivity contribution < 1.29 is 0 Å². The summed E-state index contributed by atoms with van der Waals surface area (Å²) in [5.74, 6) is 0. The third kappa shape index (κ3) is 3.41. The largest absolute Gasteiger partial charge is 0.311 e. The summed E-state index contributed by atoms with van der Waals surface area (Å²) in [6.45, 7) is 10.0. The summed E-state index contributed by atoms with van der Waals surface area (Å²) in [7, 11) is 0. The fourth-order valence-electron chi connectivity index (χ4n) is 3.12. The second kappa shape index (κ2) is 7.01. The lowest BCUT2D eigenvalue weighted by atomic mass is 9.86. The average molecular weight is 340 g/mol. The van der Waals surface area contributed by atoms with Gasteiger partial charge in [-0.2, -0.15) is 0 Å². The lowest BCUT2D eigenvalue weighted by Crippen LogP contribution is -2.63. The van der Waals surface area contributed by atoms with Crippen LogP contribution in [-0.4, -0.2) is 34.6 Å². The van der Waals surface area contributed by atoms with Crippen LogP contribution < -0.4 is 5.32 Å². The number of rotatable bonds is 5. The van der Waals surface area contributed by atoms with Crippen molar-refractivity contribution in [2.75, 3.05) is 13.1 Å². The van der Waals surface area contributed by atoms with E-state index in [4.69, 9.17) is 0 Å². The van der Waals surface area contributed by atoms with E-state index in [1.165, 1.54) is 19.3 Å². The van der Waals surface area contributed by atoms with E-state index in [2.05, 4.69) is 64.0 Å². The first-order chi connectivity index (χ1) is 9.63. The molecule has 0 bridgehead atoms. The van der Waals surface area contributed by atoms with Crippen molar-refractivity contribution in [1.29, 1.82) is 0 Å². The molecule has 1 unspecified atom stereocenters. The molecule has 1 aliphatic rings. The molecule has 1 N–H and O–H groups in total. The van der Waals surface area contributed by atoms with E-state index in [0.29, 0.717) is 6.04 Å². The van der Waals surface area contributed by atoms with E-state index < -0.39 is 0 Å². The van der Waals surface area contributed by atoms with E-state index in [1.54, 1.807) is 0 Å². The van der Waals surface area contributed by atoms with Gasteiger partial charge in [0, 0.05) is 41.9 Å². The second-order valence-electron chi connectivity index (χ2n) is 5.77. The topological polar surface area (TPSA) is 28.2 Å². The van der Waals surface area contributed by atoms with Crippen molar-refractivity contribution in [3.63, 3.8) is 0 Å². The average Bonchev–Trinajstić information content (AvgIpc) is 2.49. The molecule has 1 aromatic rings. The van der Waals surface area contributed by atoms with Crippen LogP contribution in [0.3, 0.4) is 0 Å². The Hall–Kier alpha value is -0.450. The Bertz CT molecular complexity index is 414. The SMILES string of the molecule is CCC1CN(Cc2ccc(Br)cn2)C(CC)(CC)CN1. The van der Waals surface area contributed by atoms with Crippen LogP contribution in [0.2, 0.25) is 0 Å². The standard InChI is InChI=1S/C16H26BrN3/c1-4-14-10-20(16(5-2,6-3)12-19-14)11-15-8-7-13(17)9-18-15/h7-9,14,19H,4-6,10-12H2,1-3H3. The van der Waals surface area contributed by atoms with Crippen molar-refractivity contribution in [2.45, 2.75) is 58.2 Å². The van der Waals surface area contributed by atoms with Crippen molar-refractivity contribution in [2.24, 2.45) is 0 Å². The Morgan fingerprint density at radius 2 is 2.10 bits per heavy atom. The molecular formula is C16H26BrN3. The van der Waals surface area contributed by atoms with E-state index in [1.807, 2.05) is 6.20 Å². The monoisotopic (exact) mass is 339 g/mol. The van der Waals surface area contributed by atoms with Gasteiger partial charge in [0.05, 0.1) is 5.69 Å². The normalized spacial score (nSPS) is 22.9. The molecule has 112 valence electrons. The first-order valence-electron chi connectivity index (χ1n) is 7.72. The smallest absolute Gasteiger partial charge is 0.0545 e. The van der Waals surface area contributed by atoms with E-state index >= 15 is 0 Å². The molecule has 0 spiro atoms. The van der Waals surface area contributed by atoms with Gasteiger partial charge in [0.1, 0.15) is 0 Å². The number of pyridine rings is 1. The zero-order valence-corrected chi connectivity index (χ0v) is 14.4. The van der Waals surface area contributed by atoms with Crippen LogP contribution in [-0.2, 0) is 6.54 Å². The summed E-state index contributed by atoms with van der Waals surface area (Å²) in [5.41, 5.74) is 1.44. The molecule has 0 radical (unpaired) electrons. The number of hydrogen-bond acceptors (Lipinski definition) is 3. The van der Waals surface area contributed by atoms with Crippen LogP contribution in [0.5, 0.6) is 0 Å². The highest BCUT2D eigenvalue weighted by molar-refractivity contribution is 9.10. The highest BCUT2D eigenvalue weighted by atomic mass is 79.9. The highest BCUT2D eigenvalue weighted by Gasteiger charge is 2.38. The van der Waals surface area contributed by atoms with Crippen LogP contribution >= 0.6 is 15.9 Å². The molecule has 0 aromatic carbocycles. The molecule has 20 heavy (non-hydrogen) atoms. The zero-order chi connectivity index (χ0) is 14.6. The molecular weight excluding hydrogens is 314 g/mol. The Kier molecular flexibility index (Phi) is 5.58. The first-order valence-corrected chi connectivity index (χ1v) is 8.51. The lowest BCUT2D eigenvalue weighted by Gasteiger charge is -2.49. The Morgan fingerprint density at radius 1 is 1.35 bits per heavy atom. The number of hydrogen-bond donors (Lipinski definition) is 1. The predicted molar refractivity (Wildman–Crippen MR) is 87.7 cm³/mol. The Labute approximate surface area is 131 Å². The molecule has 1 aromatic heterocycles. The van der Waals surface area contributed by atoms with Gasteiger partial charge in [0.25, 0.3) is 0 Å². The molecule has 0 saturated carbocycles. The van der Waals surface area contributed by atoms with Gasteiger partial charge >= 0.3 is 0 Å². The maximum atomic E-state index is 4.55. The molecule has 1 saturated heterocycles. The summed E-state index contributed by atoms with van der Waals surface area (Å²) in [6.07, 6.45) is 5.45. The van der Waals surface area contributed by atoms with Gasteiger partial charge in [-0.05, 0) is 47.3 Å². The highest BCUT2D eigenvalue weighted by Crippen LogP contribution is 2.29. The van der Waals surface area contributed by atoms with Gasteiger partial charge in [0.2, 0.25) is 0 Å². The summed E-state index contributed by atoms with van der Waals surface area (Å²) < 4.78 is 1.05. The lowest BCUT2D eigenvalue weighted by molar-refractivity contribution is 0.0228. The molecule has 0 amide bonds. The van der Waals surface area contributed by atoms with Gasteiger partial charge in [-0.15, -0.1) is 0 Å². The van der Waals surface area contributed by atoms with Gasteiger partial charge < -0.3 is 5.32 Å². The summed E-state index contributed by atoms with van der Waals surface area (Å²) in [5, 5.41) is 3.72. The zero-order valence-electron chi connectivity index (χ0n) is 12.8. The van der Waals surface area contributed by atoms with Crippen LogP contribution in [0.25, 0.3) is 0 Å². The number of aromatic nitrogens is 1. The minimum absolute atomic E-state index is 0.278. The van der Waals surface area contributed by atoms with E-state index in [0.717, 1.165) is 29.8 Å². The number of halogens is 1. The van der Waals surface area contributed by atoms with Crippen LogP contribution in [0, 0.1) is 0 Å². The van der Waals surface area contributed by atoms with Gasteiger partial charge in [-0.3, -0.25) is 9.88 Å². The van der Waals surface area contributed by atoms with Crippen LogP contribution in [0.4, 0.5) is 0 Å². The fraction of sp³-hybridized carbons (Fsp3) is 0.688. The van der Waals surface area contributed by atoms with E-state index in [-0.39, 0.29) is 5.54 Å². The maximum Gasteiger partial charge on any atom is 0.0545 e. The molecule has 3 nitrogen and oxygen atoms in total. The molecule has 2 rings (SSSR count). The maximum absolute atomic E-state index is 4.55. The van der Waals surface area contributed by atoms with Gasteiger partial charge in [-0.25, -0.2) is 0 Å². The predicted octanol–water partition coefficient (Wildman–Crippen LogP) is 3.59. The summed E-state index contributed by atoms with van der Waals surface area (Å²) in [4.78, 5) is 7.20. The molecule has 2 heterocycles. The van der Waals surface area contributed by atoms with Crippen molar-refractivity contribution in [3.05, 3.63) is 28.5 Å². The number of piperazine rings is 1. The molecule has 1 aliphatic heterocycles.